The number of methoxy groups -OCH3 is 1. The Morgan fingerprint density at radius 1 is 1.42 bits per heavy atom. The first-order valence-electron chi connectivity index (χ1n) is 6.93. The second-order valence-electron chi connectivity index (χ2n) is 6.48. The number of amides is 2. The lowest BCUT2D eigenvalue weighted by Crippen LogP contribution is -2.61. The van der Waals surface area contributed by atoms with Crippen molar-refractivity contribution in [3.63, 3.8) is 0 Å². The van der Waals surface area contributed by atoms with E-state index in [0.29, 0.717) is 19.6 Å². The molecule has 0 aromatic carbocycles. The highest BCUT2D eigenvalue weighted by molar-refractivity contribution is 5.94. The van der Waals surface area contributed by atoms with Crippen molar-refractivity contribution in [1.82, 2.24) is 10.2 Å². The van der Waals surface area contributed by atoms with Crippen molar-refractivity contribution in [1.29, 1.82) is 0 Å². The summed E-state index contributed by atoms with van der Waals surface area (Å²) in [5.41, 5.74) is -1.13. The smallest absolute Gasteiger partial charge is 0.248 e. The van der Waals surface area contributed by atoms with E-state index >= 15 is 0 Å². The Labute approximate surface area is 114 Å². The van der Waals surface area contributed by atoms with Gasteiger partial charge in [-0.3, -0.25) is 9.59 Å². The second-order valence-corrected chi connectivity index (χ2v) is 6.48. The molecule has 1 N–H and O–H groups in total. The lowest BCUT2D eigenvalue weighted by molar-refractivity contribution is -0.145. The zero-order valence-corrected chi connectivity index (χ0v) is 12.3. The Balaban J connectivity index is 2.28. The van der Waals surface area contributed by atoms with Gasteiger partial charge in [0.2, 0.25) is 11.8 Å². The quantitative estimate of drug-likeness (QED) is 0.825. The first-order chi connectivity index (χ1) is 8.81. The van der Waals surface area contributed by atoms with Crippen LogP contribution in [-0.4, -0.2) is 48.1 Å². The first-order valence-corrected chi connectivity index (χ1v) is 6.93. The molecule has 1 aliphatic heterocycles. The van der Waals surface area contributed by atoms with E-state index in [9.17, 15) is 9.59 Å². The monoisotopic (exact) mass is 268 g/mol. The summed E-state index contributed by atoms with van der Waals surface area (Å²) in [6, 6.07) is 0. The molecule has 1 saturated heterocycles. The molecule has 0 aromatic rings. The van der Waals surface area contributed by atoms with Crippen LogP contribution >= 0.6 is 0 Å². The minimum atomic E-state index is -0.738. The normalized spacial score (nSPS) is 29.2. The molecule has 1 aliphatic carbocycles. The SMILES string of the molecule is COCC(C)(C)N1CCC(=O)NC(C)(C2CC2)C1=O. The van der Waals surface area contributed by atoms with Crippen LogP contribution in [0.1, 0.15) is 40.0 Å². The molecule has 19 heavy (non-hydrogen) atoms. The van der Waals surface area contributed by atoms with Crippen molar-refractivity contribution in [3.8, 4) is 0 Å². The molecular weight excluding hydrogens is 244 g/mol. The molecule has 1 heterocycles. The van der Waals surface area contributed by atoms with Gasteiger partial charge >= 0.3 is 0 Å². The molecule has 5 nitrogen and oxygen atoms in total. The van der Waals surface area contributed by atoms with E-state index < -0.39 is 11.1 Å². The predicted molar refractivity (Wildman–Crippen MR) is 71.6 cm³/mol. The van der Waals surface area contributed by atoms with E-state index in [0.717, 1.165) is 12.8 Å². The number of hydrogen-bond donors (Lipinski definition) is 1. The third-order valence-corrected chi connectivity index (χ3v) is 4.27. The van der Waals surface area contributed by atoms with Crippen molar-refractivity contribution in [2.75, 3.05) is 20.3 Å². The molecule has 0 bridgehead atoms. The van der Waals surface area contributed by atoms with Crippen LogP contribution in [0.15, 0.2) is 0 Å². The third-order valence-electron chi connectivity index (χ3n) is 4.27. The van der Waals surface area contributed by atoms with Gasteiger partial charge in [0, 0.05) is 20.1 Å². The zero-order valence-electron chi connectivity index (χ0n) is 12.3. The van der Waals surface area contributed by atoms with Gasteiger partial charge in [0.05, 0.1) is 12.1 Å². The summed E-state index contributed by atoms with van der Waals surface area (Å²) in [6.45, 7) is 6.76. The Morgan fingerprint density at radius 2 is 2.05 bits per heavy atom. The average Bonchev–Trinajstić information content (AvgIpc) is 3.11. The summed E-state index contributed by atoms with van der Waals surface area (Å²) >= 11 is 0. The predicted octanol–water partition coefficient (Wildman–Crippen LogP) is 0.929. The number of ether oxygens (including phenoxy) is 1. The molecule has 0 aromatic heterocycles. The van der Waals surface area contributed by atoms with Crippen LogP contribution in [-0.2, 0) is 14.3 Å². The maximum atomic E-state index is 12.9. The van der Waals surface area contributed by atoms with E-state index in [-0.39, 0.29) is 17.7 Å². The van der Waals surface area contributed by atoms with E-state index in [1.165, 1.54) is 0 Å². The minimum Gasteiger partial charge on any atom is -0.382 e. The highest BCUT2D eigenvalue weighted by atomic mass is 16.5. The Hall–Kier alpha value is -1.10. The van der Waals surface area contributed by atoms with Gasteiger partial charge in [0.25, 0.3) is 0 Å². The third kappa shape index (κ3) is 2.61. The standard InChI is InChI=1S/C14H24N2O3/c1-13(2,9-19-4)16-8-7-11(17)15-14(3,12(16)18)10-5-6-10/h10H,5-9H2,1-4H3,(H,15,17). The van der Waals surface area contributed by atoms with Gasteiger partial charge < -0.3 is 15.0 Å². The Bertz CT molecular complexity index is 390. The lowest BCUT2D eigenvalue weighted by Gasteiger charge is -2.41. The second kappa shape index (κ2) is 4.78. The van der Waals surface area contributed by atoms with Crippen molar-refractivity contribution >= 4 is 11.8 Å². The number of carbonyl (C=O) groups excluding carboxylic acids is 2. The van der Waals surface area contributed by atoms with Crippen LogP contribution < -0.4 is 5.32 Å². The number of nitrogens with one attached hydrogen (secondary N) is 1. The van der Waals surface area contributed by atoms with Crippen LogP contribution in [0.25, 0.3) is 0 Å². The van der Waals surface area contributed by atoms with E-state index in [2.05, 4.69) is 5.32 Å². The molecule has 1 saturated carbocycles. The number of nitrogens with zero attached hydrogens (tertiary/aromatic N) is 1. The summed E-state index contributed by atoms with van der Waals surface area (Å²) in [5.74, 6) is 0.282. The van der Waals surface area contributed by atoms with Gasteiger partial charge in [-0.05, 0) is 39.5 Å². The van der Waals surface area contributed by atoms with Crippen molar-refractivity contribution in [2.45, 2.75) is 51.1 Å². The molecule has 0 spiro atoms. The Morgan fingerprint density at radius 3 is 2.58 bits per heavy atom. The fourth-order valence-electron chi connectivity index (χ4n) is 2.95. The van der Waals surface area contributed by atoms with Gasteiger partial charge in [0.1, 0.15) is 5.54 Å². The summed E-state index contributed by atoms with van der Waals surface area (Å²) in [5, 5.41) is 2.94. The molecule has 2 rings (SSSR count). The molecule has 2 fully saturated rings. The molecular formula is C14H24N2O3. The van der Waals surface area contributed by atoms with Crippen LogP contribution in [0.2, 0.25) is 0 Å². The summed E-state index contributed by atoms with van der Waals surface area (Å²) in [7, 11) is 1.63. The van der Waals surface area contributed by atoms with Crippen molar-refractivity contribution in [2.24, 2.45) is 5.92 Å². The van der Waals surface area contributed by atoms with Gasteiger partial charge in [-0.25, -0.2) is 0 Å². The fourth-order valence-corrected chi connectivity index (χ4v) is 2.95. The summed E-state index contributed by atoms with van der Waals surface area (Å²) in [6.07, 6.45) is 2.39. The van der Waals surface area contributed by atoms with Gasteiger partial charge in [-0.1, -0.05) is 0 Å². The van der Waals surface area contributed by atoms with Gasteiger partial charge in [-0.2, -0.15) is 0 Å². The number of hydrogen-bond acceptors (Lipinski definition) is 3. The molecule has 5 heteroatoms. The highest BCUT2D eigenvalue weighted by Crippen LogP contribution is 2.42. The maximum Gasteiger partial charge on any atom is 0.248 e. The lowest BCUT2D eigenvalue weighted by atomic mass is 9.91. The van der Waals surface area contributed by atoms with Crippen LogP contribution in [0, 0.1) is 5.92 Å². The molecule has 1 unspecified atom stereocenters. The maximum absolute atomic E-state index is 12.9. The van der Waals surface area contributed by atoms with Gasteiger partial charge in [-0.15, -0.1) is 0 Å². The number of carbonyl (C=O) groups is 2. The molecule has 2 aliphatic rings. The highest BCUT2D eigenvalue weighted by Gasteiger charge is 2.53. The largest absolute Gasteiger partial charge is 0.382 e. The van der Waals surface area contributed by atoms with Crippen LogP contribution in [0.3, 0.4) is 0 Å². The van der Waals surface area contributed by atoms with Gasteiger partial charge in [0.15, 0.2) is 0 Å². The molecule has 0 radical (unpaired) electrons. The van der Waals surface area contributed by atoms with E-state index in [1.54, 1.807) is 7.11 Å². The summed E-state index contributed by atoms with van der Waals surface area (Å²) < 4.78 is 5.22. The first kappa shape index (κ1) is 14.3. The zero-order chi connectivity index (χ0) is 14.3. The topological polar surface area (TPSA) is 58.6 Å². The van der Waals surface area contributed by atoms with Crippen molar-refractivity contribution < 1.29 is 14.3 Å². The van der Waals surface area contributed by atoms with E-state index in [4.69, 9.17) is 4.74 Å². The Kier molecular flexibility index (Phi) is 3.60. The van der Waals surface area contributed by atoms with Crippen molar-refractivity contribution in [3.05, 3.63) is 0 Å². The van der Waals surface area contributed by atoms with Crippen LogP contribution in [0.4, 0.5) is 0 Å². The molecule has 1 atom stereocenters. The number of rotatable bonds is 4. The van der Waals surface area contributed by atoms with E-state index in [1.807, 2.05) is 25.7 Å². The fraction of sp³-hybridized carbons (Fsp3) is 0.857. The average molecular weight is 268 g/mol. The summed E-state index contributed by atoms with van der Waals surface area (Å²) in [4.78, 5) is 26.6. The minimum absolute atomic E-state index is 0.0292. The molecule has 2 amide bonds. The van der Waals surface area contributed by atoms with Crippen LogP contribution in [0.5, 0.6) is 0 Å². The molecule has 108 valence electrons.